The van der Waals surface area contributed by atoms with E-state index in [1.165, 1.54) is 39.8 Å². The Kier molecular flexibility index (Phi) is 6.25. The van der Waals surface area contributed by atoms with Crippen LogP contribution in [0, 0.1) is 5.82 Å². The van der Waals surface area contributed by atoms with Gasteiger partial charge in [-0.05, 0) is 30.5 Å². The number of carbonyl (C=O) groups is 3. The lowest BCUT2D eigenvalue weighted by Gasteiger charge is -2.40. The Hall–Kier alpha value is -4.48. The number of benzene rings is 2. The Balaban J connectivity index is 1.36. The van der Waals surface area contributed by atoms with Crippen molar-refractivity contribution in [2.45, 2.75) is 31.1 Å². The van der Waals surface area contributed by atoms with Gasteiger partial charge in [0.15, 0.2) is 5.67 Å². The Labute approximate surface area is 216 Å². The number of halogens is 2. The van der Waals surface area contributed by atoms with Gasteiger partial charge in [-0.1, -0.05) is 24.3 Å². The standard InChI is InChI=1S/C26H26F2N6O4/c1-38-20-7-6-17(27)10-19(20)33(14-35)11-15-2-4-16(5-3-15)22-21(24(30)36)23(29)34(31-22)18-12-32(13-18)25(37)26(28)8-9-26/h2-7,10,14,18H,8-9,11-13,29H2,1H3,(H2,30,36). The predicted molar refractivity (Wildman–Crippen MR) is 134 cm³/mol. The fourth-order valence-electron chi connectivity index (χ4n) is 4.59. The van der Waals surface area contributed by atoms with Gasteiger partial charge in [-0.3, -0.25) is 14.4 Å². The number of rotatable bonds is 9. The topological polar surface area (TPSA) is 137 Å². The van der Waals surface area contributed by atoms with Crippen molar-refractivity contribution in [3.05, 3.63) is 59.4 Å². The highest BCUT2D eigenvalue weighted by Crippen LogP contribution is 2.43. The van der Waals surface area contributed by atoms with Gasteiger partial charge in [-0.2, -0.15) is 5.10 Å². The number of carbonyl (C=O) groups excluding carboxylic acids is 3. The number of primary amides is 1. The molecule has 2 heterocycles. The van der Waals surface area contributed by atoms with Crippen LogP contribution in [0.15, 0.2) is 42.5 Å². The molecule has 0 atom stereocenters. The van der Waals surface area contributed by atoms with Crippen molar-refractivity contribution in [3.8, 4) is 17.0 Å². The molecule has 1 aromatic heterocycles. The van der Waals surface area contributed by atoms with Crippen molar-refractivity contribution in [1.82, 2.24) is 14.7 Å². The Bertz CT molecular complexity index is 1410. The maximum Gasteiger partial charge on any atom is 0.260 e. The summed E-state index contributed by atoms with van der Waals surface area (Å²) in [6.07, 6.45) is 1.06. The van der Waals surface area contributed by atoms with E-state index in [0.29, 0.717) is 23.3 Å². The normalized spacial score (nSPS) is 16.0. The molecule has 10 nitrogen and oxygen atoms in total. The first-order valence-electron chi connectivity index (χ1n) is 12.0. The minimum Gasteiger partial charge on any atom is -0.495 e. The van der Waals surface area contributed by atoms with E-state index in [4.69, 9.17) is 16.2 Å². The van der Waals surface area contributed by atoms with Gasteiger partial charge in [0.2, 0.25) is 6.41 Å². The van der Waals surface area contributed by atoms with E-state index in [1.54, 1.807) is 24.3 Å². The van der Waals surface area contributed by atoms with Gasteiger partial charge >= 0.3 is 0 Å². The molecule has 2 fully saturated rings. The molecule has 2 aliphatic rings. The number of alkyl halides is 1. The molecule has 1 saturated heterocycles. The lowest BCUT2D eigenvalue weighted by molar-refractivity contribution is -0.144. The van der Waals surface area contributed by atoms with Gasteiger partial charge in [0.1, 0.15) is 28.6 Å². The van der Waals surface area contributed by atoms with Crippen LogP contribution in [0.1, 0.15) is 34.8 Å². The maximum absolute atomic E-state index is 14.1. The summed E-state index contributed by atoms with van der Waals surface area (Å²) in [5, 5.41) is 4.52. The largest absolute Gasteiger partial charge is 0.495 e. The maximum atomic E-state index is 14.1. The van der Waals surface area contributed by atoms with Gasteiger partial charge in [0.05, 0.1) is 25.4 Å². The van der Waals surface area contributed by atoms with Crippen LogP contribution in [-0.4, -0.2) is 58.8 Å². The van der Waals surface area contributed by atoms with E-state index in [1.807, 2.05) is 0 Å². The average Bonchev–Trinajstić information content (AvgIpc) is 3.54. The van der Waals surface area contributed by atoms with Crippen LogP contribution >= 0.6 is 0 Å². The van der Waals surface area contributed by atoms with Gasteiger partial charge in [0.25, 0.3) is 11.8 Å². The summed E-state index contributed by atoms with van der Waals surface area (Å²) >= 11 is 0. The van der Waals surface area contributed by atoms with E-state index in [2.05, 4.69) is 5.10 Å². The molecule has 3 aromatic rings. The summed E-state index contributed by atoms with van der Waals surface area (Å²) in [5.74, 6) is -1.37. The molecule has 1 aliphatic carbocycles. The second-order valence-electron chi connectivity index (χ2n) is 9.49. The van der Waals surface area contributed by atoms with Crippen molar-refractivity contribution in [1.29, 1.82) is 0 Å². The summed E-state index contributed by atoms with van der Waals surface area (Å²) in [6.45, 7) is 0.598. The number of aromatic nitrogens is 2. The molecule has 0 radical (unpaired) electrons. The van der Waals surface area contributed by atoms with Gasteiger partial charge in [-0.15, -0.1) is 0 Å². The molecule has 1 aliphatic heterocycles. The van der Waals surface area contributed by atoms with Crippen LogP contribution < -0.4 is 21.1 Å². The number of methoxy groups -OCH3 is 1. The van der Waals surface area contributed by atoms with Crippen LogP contribution in [0.4, 0.5) is 20.3 Å². The third-order valence-corrected chi connectivity index (χ3v) is 6.92. The van der Waals surface area contributed by atoms with Crippen LogP contribution in [-0.2, 0) is 16.1 Å². The van der Waals surface area contributed by atoms with Crippen molar-refractivity contribution in [2.24, 2.45) is 5.73 Å². The minimum atomic E-state index is -1.74. The average molecular weight is 525 g/mol. The highest BCUT2D eigenvalue weighted by Gasteiger charge is 2.55. The van der Waals surface area contributed by atoms with E-state index in [-0.39, 0.29) is 61.3 Å². The molecule has 3 amide bonds. The summed E-state index contributed by atoms with van der Waals surface area (Å²) in [7, 11) is 1.43. The molecule has 0 bridgehead atoms. The number of ether oxygens (including phenoxy) is 1. The number of hydrogen-bond acceptors (Lipinski definition) is 6. The second-order valence-corrected chi connectivity index (χ2v) is 9.49. The molecule has 198 valence electrons. The van der Waals surface area contributed by atoms with Gasteiger partial charge in [-0.25, -0.2) is 13.5 Å². The van der Waals surface area contributed by atoms with Crippen molar-refractivity contribution in [2.75, 3.05) is 30.8 Å². The predicted octanol–water partition coefficient (Wildman–Crippen LogP) is 2.43. The second kappa shape index (κ2) is 9.43. The molecule has 12 heteroatoms. The molecule has 1 saturated carbocycles. The zero-order valence-corrected chi connectivity index (χ0v) is 20.6. The zero-order chi connectivity index (χ0) is 27.2. The number of anilines is 2. The van der Waals surface area contributed by atoms with Crippen molar-refractivity contribution >= 4 is 29.7 Å². The molecule has 4 N–H and O–H groups in total. The summed E-state index contributed by atoms with van der Waals surface area (Å²) in [6, 6.07) is 10.5. The first-order chi connectivity index (χ1) is 18.1. The molecule has 38 heavy (non-hydrogen) atoms. The first kappa shape index (κ1) is 25.2. The lowest BCUT2D eigenvalue weighted by atomic mass is 10.0. The Morgan fingerprint density at radius 3 is 2.47 bits per heavy atom. The number of likely N-dealkylation sites (tertiary alicyclic amines) is 1. The number of nitrogens with two attached hydrogens (primary N) is 2. The van der Waals surface area contributed by atoms with Crippen molar-refractivity contribution < 1.29 is 27.9 Å². The number of hydrogen-bond donors (Lipinski definition) is 2. The van der Waals surface area contributed by atoms with Gasteiger partial charge in [0, 0.05) is 24.7 Å². The lowest BCUT2D eigenvalue weighted by Crippen LogP contribution is -2.54. The molecular weight excluding hydrogens is 498 g/mol. The van der Waals surface area contributed by atoms with Crippen LogP contribution in [0.5, 0.6) is 5.75 Å². The fraction of sp³-hybridized carbons (Fsp3) is 0.308. The van der Waals surface area contributed by atoms with E-state index < -0.39 is 23.3 Å². The zero-order valence-electron chi connectivity index (χ0n) is 20.6. The number of amides is 3. The van der Waals surface area contributed by atoms with Crippen LogP contribution in [0.3, 0.4) is 0 Å². The Morgan fingerprint density at radius 2 is 1.89 bits per heavy atom. The Morgan fingerprint density at radius 1 is 1.21 bits per heavy atom. The highest BCUT2D eigenvalue weighted by atomic mass is 19.1. The SMILES string of the molecule is COc1ccc(F)cc1N(C=O)Cc1ccc(-c2nn(C3CN(C(=O)C4(F)CC4)C3)c(N)c2C(N)=O)cc1. The van der Waals surface area contributed by atoms with Crippen LogP contribution in [0.2, 0.25) is 0 Å². The third kappa shape index (κ3) is 4.42. The third-order valence-electron chi connectivity index (χ3n) is 6.92. The summed E-state index contributed by atoms with van der Waals surface area (Å²) in [5.41, 5.74) is 12.0. The molecule has 0 unspecified atom stereocenters. The molecular formula is C26H26F2N6O4. The van der Waals surface area contributed by atoms with Crippen LogP contribution in [0.25, 0.3) is 11.3 Å². The number of nitrogen functional groups attached to an aromatic ring is 1. The highest BCUT2D eigenvalue weighted by molar-refractivity contribution is 6.03. The quantitative estimate of drug-likeness (QED) is 0.413. The van der Waals surface area contributed by atoms with Gasteiger partial charge < -0.3 is 26.0 Å². The fourth-order valence-corrected chi connectivity index (χ4v) is 4.59. The number of nitrogens with zero attached hydrogens (tertiary/aromatic N) is 4. The van der Waals surface area contributed by atoms with E-state index in [0.717, 1.165) is 0 Å². The molecule has 5 rings (SSSR count). The summed E-state index contributed by atoms with van der Waals surface area (Å²) < 4.78 is 34.6. The molecule has 2 aromatic carbocycles. The first-order valence-corrected chi connectivity index (χ1v) is 12.0. The van der Waals surface area contributed by atoms with Crippen molar-refractivity contribution in [3.63, 3.8) is 0 Å². The summed E-state index contributed by atoms with van der Waals surface area (Å²) in [4.78, 5) is 39.0. The van der Waals surface area contributed by atoms with E-state index >= 15 is 0 Å². The smallest absolute Gasteiger partial charge is 0.260 e. The monoisotopic (exact) mass is 524 g/mol. The molecule has 0 spiro atoms. The van der Waals surface area contributed by atoms with E-state index in [9.17, 15) is 23.2 Å². The minimum absolute atomic E-state index is 0.0469.